The molecule has 0 heterocycles. The normalized spacial score (nSPS) is 11.1. The Morgan fingerprint density at radius 2 is 1.71 bits per heavy atom. The summed E-state index contributed by atoms with van der Waals surface area (Å²) in [4.78, 5) is 12.0. The number of nitrogens with one attached hydrogen (secondary N) is 1. The Bertz CT molecular complexity index is 794. The van der Waals surface area contributed by atoms with Crippen molar-refractivity contribution in [2.75, 3.05) is 22.4 Å². The molecule has 2 aromatic rings. The minimum Gasteiger partial charge on any atom is -0.325 e. The number of anilines is 2. The van der Waals surface area contributed by atoms with Crippen molar-refractivity contribution in [3.8, 4) is 0 Å². The Morgan fingerprint density at radius 1 is 1.08 bits per heavy atom. The van der Waals surface area contributed by atoms with E-state index >= 15 is 0 Å². The quantitative estimate of drug-likeness (QED) is 0.757. The van der Waals surface area contributed by atoms with Crippen LogP contribution in [0, 0.1) is 0 Å². The van der Waals surface area contributed by atoms with E-state index in [0.29, 0.717) is 17.8 Å². The van der Waals surface area contributed by atoms with Crippen LogP contribution >= 0.6 is 15.9 Å². The highest BCUT2D eigenvalue weighted by molar-refractivity contribution is 9.10. The van der Waals surface area contributed by atoms with E-state index in [9.17, 15) is 13.2 Å². The van der Waals surface area contributed by atoms with Crippen LogP contribution in [0.2, 0.25) is 0 Å². The second kappa shape index (κ2) is 8.30. The number of benzene rings is 2. The summed E-state index contributed by atoms with van der Waals surface area (Å²) in [5.74, 6) is -0.150. The van der Waals surface area contributed by atoms with Gasteiger partial charge in [0, 0.05) is 17.4 Å². The highest BCUT2D eigenvalue weighted by atomic mass is 79.9. The van der Waals surface area contributed by atoms with Gasteiger partial charge < -0.3 is 5.32 Å². The lowest BCUT2D eigenvalue weighted by molar-refractivity contribution is -0.116. The Balaban J connectivity index is 1.94. The van der Waals surface area contributed by atoms with Crippen molar-refractivity contribution in [2.24, 2.45) is 0 Å². The third-order valence-corrected chi connectivity index (χ3v) is 5.24. The van der Waals surface area contributed by atoms with Gasteiger partial charge >= 0.3 is 0 Å². The molecule has 0 aromatic heterocycles. The molecular weight excluding hydrogens is 392 g/mol. The second-order valence-electron chi connectivity index (χ2n) is 5.30. The van der Waals surface area contributed by atoms with Crippen molar-refractivity contribution in [1.29, 1.82) is 0 Å². The zero-order chi connectivity index (χ0) is 17.6. The summed E-state index contributed by atoms with van der Waals surface area (Å²) < 4.78 is 26.0. The van der Waals surface area contributed by atoms with Gasteiger partial charge in [-0.15, -0.1) is 0 Å². The minimum atomic E-state index is -3.39. The number of rotatable bonds is 7. The summed E-state index contributed by atoms with van der Waals surface area (Å²) in [6.45, 7) is 0.256. The molecule has 0 fully saturated rings. The van der Waals surface area contributed by atoms with Gasteiger partial charge in [-0.1, -0.05) is 30.3 Å². The van der Waals surface area contributed by atoms with Crippen molar-refractivity contribution in [1.82, 2.24) is 0 Å². The molecule has 1 amide bonds. The van der Waals surface area contributed by atoms with Crippen LogP contribution in [0.3, 0.4) is 0 Å². The average Bonchev–Trinajstić information content (AvgIpc) is 2.53. The van der Waals surface area contributed by atoms with E-state index in [4.69, 9.17) is 0 Å². The first kappa shape index (κ1) is 18.5. The molecule has 24 heavy (non-hydrogen) atoms. The molecule has 7 heteroatoms. The number of hydrogen-bond donors (Lipinski definition) is 1. The number of halogens is 1. The Morgan fingerprint density at radius 3 is 2.33 bits per heavy atom. The maximum Gasteiger partial charge on any atom is 0.232 e. The number of sulfonamides is 1. The molecular formula is C17H19BrN2O3S. The topological polar surface area (TPSA) is 66.5 Å². The second-order valence-corrected chi connectivity index (χ2v) is 8.06. The number of hydrogen-bond acceptors (Lipinski definition) is 3. The summed E-state index contributed by atoms with van der Waals surface area (Å²) in [6, 6.07) is 16.2. The van der Waals surface area contributed by atoms with Gasteiger partial charge in [-0.3, -0.25) is 9.10 Å². The summed E-state index contributed by atoms with van der Waals surface area (Å²) >= 11 is 3.37. The van der Waals surface area contributed by atoms with Crippen LogP contribution in [0.4, 0.5) is 11.4 Å². The molecule has 0 aliphatic heterocycles. The van der Waals surface area contributed by atoms with Gasteiger partial charge in [0.1, 0.15) is 0 Å². The van der Waals surface area contributed by atoms with Crippen LogP contribution in [-0.4, -0.2) is 27.1 Å². The van der Waals surface area contributed by atoms with Crippen LogP contribution in [0.5, 0.6) is 0 Å². The first-order valence-electron chi connectivity index (χ1n) is 7.45. The monoisotopic (exact) mass is 410 g/mol. The van der Waals surface area contributed by atoms with E-state index in [1.54, 1.807) is 30.3 Å². The van der Waals surface area contributed by atoms with Crippen molar-refractivity contribution >= 4 is 43.2 Å². The number of nitrogens with zero attached hydrogens (tertiary/aromatic N) is 1. The lowest BCUT2D eigenvalue weighted by Crippen LogP contribution is -2.31. The molecule has 0 saturated carbocycles. The predicted molar refractivity (Wildman–Crippen MR) is 101 cm³/mol. The molecule has 0 atom stereocenters. The van der Waals surface area contributed by atoms with Crippen LogP contribution in [0.1, 0.15) is 12.8 Å². The number of carbonyl (C=O) groups is 1. The van der Waals surface area contributed by atoms with Gasteiger partial charge in [0.05, 0.1) is 17.6 Å². The van der Waals surface area contributed by atoms with Crippen molar-refractivity contribution in [2.45, 2.75) is 12.8 Å². The molecule has 0 aliphatic carbocycles. The molecule has 0 bridgehead atoms. The fraction of sp³-hybridized carbons (Fsp3) is 0.235. The highest BCUT2D eigenvalue weighted by Crippen LogP contribution is 2.22. The van der Waals surface area contributed by atoms with E-state index in [1.165, 1.54) is 10.6 Å². The maximum absolute atomic E-state index is 12.0. The van der Waals surface area contributed by atoms with Gasteiger partial charge in [0.25, 0.3) is 0 Å². The SMILES string of the molecule is CS(=O)(=O)N(CCCC(=O)Nc1ccccc1Br)c1ccccc1. The summed E-state index contributed by atoms with van der Waals surface area (Å²) in [7, 11) is -3.39. The summed E-state index contributed by atoms with van der Waals surface area (Å²) in [5.41, 5.74) is 1.30. The van der Waals surface area contributed by atoms with E-state index in [0.717, 1.165) is 4.47 Å². The summed E-state index contributed by atoms with van der Waals surface area (Å²) in [6.07, 6.45) is 1.83. The van der Waals surface area contributed by atoms with Crippen LogP contribution in [-0.2, 0) is 14.8 Å². The molecule has 0 radical (unpaired) electrons. The predicted octanol–water partition coefficient (Wildman–Crippen LogP) is 3.63. The van der Waals surface area contributed by atoms with E-state index < -0.39 is 10.0 Å². The molecule has 2 rings (SSSR count). The van der Waals surface area contributed by atoms with Crippen LogP contribution in [0.15, 0.2) is 59.1 Å². The van der Waals surface area contributed by atoms with Gasteiger partial charge in [-0.2, -0.15) is 0 Å². The highest BCUT2D eigenvalue weighted by Gasteiger charge is 2.17. The largest absolute Gasteiger partial charge is 0.325 e. The lowest BCUT2D eigenvalue weighted by atomic mass is 10.2. The third-order valence-electron chi connectivity index (χ3n) is 3.36. The van der Waals surface area contributed by atoms with Gasteiger partial charge in [-0.05, 0) is 46.6 Å². The number of carbonyl (C=O) groups excluding carboxylic acids is 1. The average molecular weight is 411 g/mol. The maximum atomic E-state index is 12.0. The first-order chi connectivity index (χ1) is 11.4. The van der Waals surface area contributed by atoms with Crippen LogP contribution < -0.4 is 9.62 Å². The smallest absolute Gasteiger partial charge is 0.232 e. The van der Waals surface area contributed by atoms with Crippen LogP contribution in [0.25, 0.3) is 0 Å². The molecule has 0 unspecified atom stereocenters. The van der Waals surface area contributed by atoms with E-state index in [2.05, 4.69) is 21.2 Å². The molecule has 2 aromatic carbocycles. The number of para-hydroxylation sites is 2. The third kappa shape index (κ3) is 5.35. The molecule has 1 N–H and O–H groups in total. The molecule has 128 valence electrons. The van der Waals surface area contributed by atoms with Gasteiger partial charge in [0.15, 0.2) is 0 Å². The minimum absolute atomic E-state index is 0.150. The molecule has 5 nitrogen and oxygen atoms in total. The zero-order valence-electron chi connectivity index (χ0n) is 13.3. The fourth-order valence-corrected chi connectivity index (χ4v) is 3.59. The van der Waals surface area contributed by atoms with Crippen molar-refractivity contribution < 1.29 is 13.2 Å². The van der Waals surface area contributed by atoms with E-state index in [1.807, 2.05) is 24.3 Å². The number of amides is 1. The Hall–Kier alpha value is -1.86. The zero-order valence-corrected chi connectivity index (χ0v) is 15.7. The van der Waals surface area contributed by atoms with Gasteiger partial charge in [-0.25, -0.2) is 8.42 Å². The first-order valence-corrected chi connectivity index (χ1v) is 10.1. The molecule has 0 aliphatic rings. The Labute approximate surface area is 150 Å². The van der Waals surface area contributed by atoms with E-state index in [-0.39, 0.29) is 18.9 Å². The van der Waals surface area contributed by atoms with Crippen molar-refractivity contribution in [3.63, 3.8) is 0 Å². The Kier molecular flexibility index (Phi) is 6.39. The lowest BCUT2D eigenvalue weighted by Gasteiger charge is -2.22. The standard InChI is InChI=1S/C17H19BrN2O3S/c1-24(22,23)20(14-8-3-2-4-9-14)13-7-12-17(21)19-16-11-6-5-10-15(16)18/h2-6,8-11H,7,12-13H2,1H3,(H,19,21). The van der Waals surface area contributed by atoms with Crippen molar-refractivity contribution in [3.05, 3.63) is 59.1 Å². The summed E-state index contributed by atoms with van der Waals surface area (Å²) in [5, 5.41) is 2.81. The molecule has 0 spiro atoms. The molecule has 0 saturated heterocycles. The fourth-order valence-electron chi connectivity index (χ4n) is 2.24. The van der Waals surface area contributed by atoms with Gasteiger partial charge in [0.2, 0.25) is 15.9 Å².